The highest BCUT2D eigenvalue weighted by molar-refractivity contribution is 7.91. The average molecular weight is 283 g/mol. The Morgan fingerprint density at radius 3 is 2.11 bits per heavy atom. The highest BCUT2D eigenvalue weighted by Crippen LogP contribution is 2.23. The van der Waals surface area contributed by atoms with Crippen molar-refractivity contribution in [1.29, 1.82) is 0 Å². The molecule has 108 valence electrons. The molecule has 0 saturated carbocycles. The number of anilines is 1. The predicted octanol–water partition coefficient (Wildman–Crippen LogP) is 3.22. The normalized spacial score (nSPS) is 12.4. The number of hydrogen-bond donors (Lipinski definition) is 1. The summed E-state index contributed by atoms with van der Waals surface area (Å²) in [6, 6.07) is 8.19. The van der Waals surface area contributed by atoms with Gasteiger partial charge in [-0.2, -0.15) is 0 Å². The molecule has 0 aromatic heterocycles. The zero-order valence-corrected chi connectivity index (χ0v) is 13.2. The van der Waals surface area contributed by atoms with Gasteiger partial charge in [0.1, 0.15) is 0 Å². The SMILES string of the molecule is CCCS(=O)(=O)CCNc1ccc(C(C)(C)C)cc1. The van der Waals surface area contributed by atoms with Crippen LogP contribution in [0.2, 0.25) is 0 Å². The molecule has 4 heteroatoms. The van der Waals surface area contributed by atoms with Gasteiger partial charge in [-0.1, -0.05) is 39.8 Å². The van der Waals surface area contributed by atoms with Gasteiger partial charge in [0.05, 0.1) is 5.75 Å². The molecule has 3 nitrogen and oxygen atoms in total. The van der Waals surface area contributed by atoms with Gasteiger partial charge in [-0.25, -0.2) is 8.42 Å². The number of benzene rings is 1. The second-order valence-corrected chi connectivity index (χ2v) is 8.21. The fourth-order valence-corrected chi connectivity index (χ4v) is 3.09. The quantitative estimate of drug-likeness (QED) is 0.872. The van der Waals surface area contributed by atoms with Gasteiger partial charge < -0.3 is 5.32 Å². The van der Waals surface area contributed by atoms with E-state index in [1.807, 2.05) is 19.1 Å². The van der Waals surface area contributed by atoms with Crippen LogP contribution in [0, 0.1) is 0 Å². The molecule has 0 heterocycles. The fraction of sp³-hybridized carbons (Fsp3) is 0.600. The second-order valence-electron chi connectivity index (χ2n) is 5.91. The zero-order valence-electron chi connectivity index (χ0n) is 12.4. The average Bonchev–Trinajstić information content (AvgIpc) is 2.28. The van der Waals surface area contributed by atoms with Gasteiger partial charge in [-0.15, -0.1) is 0 Å². The van der Waals surface area contributed by atoms with Gasteiger partial charge in [-0.05, 0) is 29.5 Å². The maximum atomic E-state index is 11.6. The van der Waals surface area contributed by atoms with Crippen molar-refractivity contribution in [2.45, 2.75) is 39.5 Å². The summed E-state index contributed by atoms with van der Waals surface area (Å²) in [6.07, 6.45) is 0.683. The first-order valence-corrected chi connectivity index (χ1v) is 8.61. The third-order valence-electron chi connectivity index (χ3n) is 3.01. The second kappa shape index (κ2) is 6.42. The van der Waals surface area contributed by atoms with Crippen LogP contribution in [0.1, 0.15) is 39.7 Å². The smallest absolute Gasteiger partial charge is 0.152 e. The summed E-state index contributed by atoms with van der Waals surface area (Å²) in [5.74, 6) is 0.472. The van der Waals surface area contributed by atoms with Crippen molar-refractivity contribution in [3.05, 3.63) is 29.8 Å². The first-order valence-electron chi connectivity index (χ1n) is 6.79. The van der Waals surface area contributed by atoms with E-state index in [1.165, 1.54) is 5.56 Å². The van der Waals surface area contributed by atoms with E-state index in [1.54, 1.807) is 0 Å². The molecule has 0 bridgehead atoms. The molecule has 0 saturated heterocycles. The summed E-state index contributed by atoms with van der Waals surface area (Å²) in [5.41, 5.74) is 2.39. The molecule has 1 N–H and O–H groups in total. The zero-order chi connectivity index (χ0) is 14.5. The van der Waals surface area contributed by atoms with E-state index in [2.05, 4.69) is 38.2 Å². The van der Waals surface area contributed by atoms with Crippen molar-refractivity contribution >= 4 is 15.5 Å². The lowest BCUT2D eigenvalue weighted by molar-refractivity contribution is 0.590. The summed E-state index contributed by atoms with van der Waals surface area (Å²) in [4.78, 5) is 0. The molecule has 0 spiro atoms. The third-order valence-corrected chi connectivity index (χ3v) is 4.86. The van der Waals surface area contributed by atoms with E-state index in [0.29, 0.717) is 13.0 Å². The molecule has 19 heavy (non-hydrogen) atoms. The van der Waals surface area contributed by atoms with Crippen LogP contribution in [-0.4, -0.2) is 26.5 Å². The summed E-state index contributed by atoms with van der Waals surface area (Å²) in [5, 5.41) is 3.16. The Morgan fingerprint density at radius 2 is 1.63 bits per heavy atom. The number of nitrogens with one attached hydrogen (secondary N) is 1. The Bertz CT molecular complexity index is 484. The van der Waals surface area contributed by atoms with Crippen LogP contribution in [0.4, 0.5) is 5.69 Å². The van der Waals surface area contributed by atoms with Crippen molar-refractivity contribution in [2.75, 3.05) is 23.4 Å². The van der Waals surface area contributed by atoms with E-state index in [0.717, 1.165) is 5.69 Å². The fourth-order valence-electron chi connectivity index (χ4n) is 1.85. The minimum atomic E-state index is -2.90. The lowest BCUT2D eigenvalue weighted by Crippen LogP contribution is -2.18. The standard InChI is InChI=1S/C15H25NO2S/c1-5-11-19(17,18)12-10-16-14-8-6-13(7-9-14)15(2,3)4/h6-9,16H,5,10-12H2,1-4H3. The van der Waals surface area contributed by atoms with E-state index in [9.17, 15) is 8.42 Å². The van der Waals surface area contributed by atoms with E-state index >= 15 is 0 Å². The van der Waals surface area contributed by atoms with E-state index in [-0.39, 0.29) is 16.9 Å². The predicted molar refractivity (Wildman–Crippen MR) is 82.6 cm³/mol. The van der Waals surface area contributed by atoms with Crippen LogP contribution in [-0.2, 0) is 15.3 Å². The Labute approximate surface area is 117 Å². The van der Waals surface area contributed by atoms with Gasteiger partial charge in [0.15, 0.2) is 9.84 Å². The molecule has 1 rings (SSSR count). The van der Waals surface area contributed by atoms with Crippen LogP contribution in [0.15, 0.2) is 24.3 Å². The molecule has 0 atom stereocenters. The Kier molecular flexibility index (Phi) is 5.41. The lowest BCUT2D eigenvalue weighted by atomic mass is 9.87. The molecule has 0 radical (unpaired) electrons. The Morgan fingerprint density at radius 1 is 1.05 bits per heavy atom. The highest BCUT2D eigenvalue weighted by Gasteiger charge is 2.13. The summed E-state index contributed by atoms with van der Waals surface area (Å²) >= 11 is 0. The largest absolute Gasteiger partial charge is 0.384 e. The van der Waals surface area contributed by atoms with Crippen LogP contribution >= 0.6 is 0 Å². The van der Waals surface area contributed by atoms with Crippen LogP contribution in [0.25, 0.3) is 0 Å². The lowest BCUT2D eigenvalue weighted by Gasteiger charge is -2.19. The van der Waals surface area contributed by atoms with Gasteiger partial charge in [0.2, 0.25) is 0 Å². The number of hydrogen-bond acceptors (Lipinski definition) is 3. The Balaban J connectivity index is 2.51. The molecule has 0 amide bonds. The minimum absolute atomic E-state index is 0.142. The van der Waals surface area contributed by atoms with Crippen molar-refractivity contribution in [1.82, 2.24) is 0 Å². The number of rotatable bonds is 6. The van der Waals surface area contributed by atoms with Crippen LogP contribution in [0.3, 0.4) is 0 Å². The highest BCUT2D eigenvalue weighted by atomic mass is 32.2. The van der Waals surface area contributed by atoms with Gasteiger partial charge in [0.25, 0.3) is 0 Å². The first kappa shape index (κ1) is 16.0. The molecule has 1 aromatic rings. The summed E-state index contributed by atoms with van der Waals surface area (Å²) in [6.45, 7) is 8.87. The molecule has 0 unspecified atom stereocenters. The molecule has 1 aromatic carbocycles. The minimum Gasteiger partial charge on any atom is -0.384 e. The van der Waals surface area contributed by atoms with Crippen molar-refractivity contribution in [3.63, 3.8) is 0 Å². The van der Waals surface area contributed by atoms with Crippen molar-refractivity contribution in [2.24, 2.45) is 0 Å². The van der Waals surface area contributed by atoms with Crippen molar-refractivity contribution in [3.8, 4) is 0 Å². The van der Waals surface area contributed by atoms with Gasteiger partial charge in [-0.3, -0.25) is 0 Å². The van der Waals surface area contributed by atoms with Crippen LogP contribution < -0.4 is 5.32 Å². The van der Waals surface area contributed by atoms with Crippen LogP contribution in [0.5, 0.6) is 0 Å². The molecule has 0 aliphatic carbocycles. The van der Waals surface area contributed by atoms with E-state index < -0.39 is 9.84 Å². The third kappa shape index (κ3) is 5.64. The molecule has 0 aliphatic heterocycles. The summed E-state index contributed by atoms with van der Waals surface area (Å²) < 4.78 is 23.1. The molecule has 0 aliphatic rings. The monoisotopic (exact) mass is 283 g/mol. The Hall–Kier alpha value is -1.03. The summed E-state index contributed by atoms with van der Waals surface area (Å²) in [7, 11) is -2.90. The maximum Gasteiger partial charge on any atom is 0.152 e. The van der Waals surface area contributed by atoms with Gasteiger partial charge in [0, 0.05) is 18.0 Å². The molecular weight excluding hydrogens is 258 g/mol. The molecule has 0 fully saturated rings. The van der Waals surface area contributed by atoms with Crippen molar-refractivity contribution < 1.29 is 8.42 Å². The number of sulfone groups is 1. The molecular formula is C15H25NO2S. The maximum absolute atomic E-state index is 11.6. The van der Waals surface area contributed by atoms with E-state index in [4.69, 9.17) is 0 Å². The van der Waals surface area contributed by atoms with Gasteiger partial charge >= 0.3 is 0 Å². The topological polar surface area (TPSA) is 46.2 Å². The first-order chi connectivity index (χ1) is 8.74.